The Bertz CT molecular complexity index is 1410. The Morgan fingerprint density at radius 1 is 1.24 bits per heavy atom. The number of pyridine rings is 2. The van der Waals surface area contributed by atoms with E-state index in [9.17, 15) is 14.4 Å². The van der Waals surface area contributed by atoms with E-state index in [4.69, 9.17) is 14.5 Å². The number of esters is 2. The molecular weight excluding hydrogens is 434 g/mol. The van der Waals surface area contributed by atoms with Crippen molar-refractivity contribution in [2.75, 3.05) is 13.1 Å². The second-order valence-corrected chi connectivity index (χ2v) is 9.20. The minimum absolute atomic E-state index is 0.133. The fraction of sp³-hybridized carbons (Fsp3) is 0.385. The number of benzene rings is 1. The van der Waals surface area contributed by atoms with Gasteiger partial charge in [0.25, 0.3) is 5.56 Å². The van der Waals surface area contributed by atoms with Gasteiger partial charge in [-0.25, -0.2) is 9.78 Å². The number of piperidine rings is 1. The SMILES string of the molecule is CC[C@@]1(OC(=O)C2CCNCC2)C(=O)OCc2c1cc1n(c2=O)Cc2cc3ccccc3nc2-1. The van der Waals surface area contributed by atoms with Crippen LogP contribution in [0.1, 0.15) is 42.9 Å². The zero-order valence-electron chi connectivity index (χ0n) is 18.9. The lowest BCUT2D eigenvalue weighted by Crippen LogP contribution is -2.48. The molecule has 0 spiro atoms. The number of fused-ring (bicyclic) bond motifs is 5. The summed E-state index contributed by atoms with van der Waals surface area (Å²) < 4.78 is 13.1. The largest absolute Gasteiger partial charge is 0.457 e. The van der Waals surface area contributed by atoms with Gasteiger partial charge in [0.05, 0.1) is 34.9 Å². The number of hydrogen-bond acceptors (Lipinski definition) is 7. The second-order valence-electron chi connectivity index (χ2n) is 9.20. The maximum Gasteiger partial charge on any atom is 0.355 e. The molecule has 0 aliphatic carbocycles. The standard InChI is InChI=1S/C26H25N3O5/c1-2-26(34-24(31)15-7-9-27-10-8-15)19-12-21-22-17(11-16-5-3-4-6-20(16)28-22)13-29(21)23(30)18(19)14-33-25(26)32/h3-6,11-12,15,27H,2,7-10,13-14H2,1H3/t26-/m0/s1. The lowest BCUT2D eigenvalue weighted by atomic mass is 9.85. The minimum Gasteiger partial charge on any atom is -0.457 e. The molecule has 1 aromatic carbocycles. The van der Waals surface area contributed by atoms with E-state index in [1.165, 1.54) is 0 Å². The van der Waals surface area contributed by atoms with Gasteiger partial charge >= 0.3 is 11.9 Å². The number of hydrogen-bond donors (Lipinski definition) is 1. The molecule has 5 heterocycles. The first-order valence-corrected chi connectivity index (χ1v) is 11.8. The molecule has 3 aliphatic rings. The monoisotopic (exact) mass is 459 g/mol. The maximum atomic E-state index is 13.6. The molecule has 8 heteroatoms. The fourth-order valence-electron chi connectivity index (χ4n) is 5.40. The van der Waals surface area contributed by atoms with Crippen LogP contribution < -0.4 is 10.9 Å². The van der Waals surface area contributed by atoms with Crippen molar-refractivity contribution in [2.45, 2.75) is 44.9 Å². The summed E-state index contributed by atoms with van der Waals surface area (Å²) in [5, 5.41) is 4.23. The Morgan fingerprint density at radius 3 is 2.82 bits per heavy atom. The third-order valence-corrected chi connectivity index (χ3v) is 7.33. The number of aromatic nitrogens is 2. The summed E-state index contributed by atoms with van der Waals surface area (Å²) >= 11 is 0. The van der Waals surface area contributed by atoms with Crippen LogP contribution in [0.2, 0.25) is 0 Å². The Labute approximate surface area is 195 Å². The van der Waals surface area contributed by atoms with Gasteiger partial charge in [-0.2, -0.15) is 0 Å². The van der Waals surface area contributed by atoms with Crippen molar-refractivity contribution < 1.29 is 19.1 Å². The summed E-state index contributed by atoms with van der Waals surface area (Å²) in [7, 11) is 0. The van der Waals surface area contributed by atoms with E-state index < -0.39 is 17.5 Å². The normalized spacial score (nSPS) is 21.5. The van der Waals surface area contributed by atoms with Gasteiger partial charge in [0.1, 0.15) is 6.61 Å². The van der Waals surface area contributed by atoms with E-state index in [1.807, 2.05) is 30.3 Å². The molecule has 0 bridgehead atoms. The van der Waals surface area contributed by atoms with Gasteiger partial charge in [0.2, 0.25) is 5.60 Å². The smallest absolute Gasteiger partial charge is 0.355 e. The Morgan fingerprint density at radius 2 is 2.03 bits per heavy atom. The van der Waals surface area contributed by atoms with E-state index in [0.29, 0.717) is 41.9 Å². The highest BCUT2D eigenvalue weighted by molar-refractivity contribution is 5.88. The van der Waals surface area contributed by atoms with Crippen molar-refractivity contribution in [3.8, 4) is 11.4 Å². The number of nitrogens with zero attached hydrogens (tertiary/aromatic N) is 2. The van der Waals surface area contributed by atoms with Gasteiger partial charge in [-0.3, -0.25) is 9.59 Å². The Hall–Kier alpha value is -3.52. The second kappa shape index (κ2) is 7.77. The van der Waals surface area contributed by atoms with Crippen molar-refractivity contribution in [1.82, 2.24) is 14.9 Å². The van der Waals surface area contributed by atoms with E-state index in [-0.39, 0.29) is 24.5 Å². The molecule has 3 aliphatic heterocycles. The van der Waals surface area contributed by atoms with Crippen LogP contribution in [0.4, 0.5) is 0 Å². The van der Waals surface area contributed by atoms with Crippen LogP contribution in [0.3, 0.4) is 0 Å². The van der Waals surface area contributed by atoms with Gasteiger partial charge in [0, 0.05) is 16.5 Å². The van der Waals surface area contributed by atoms with E-state index in [2.05, 4.69) is 11.4 Å². The molecule has 34 heavy (non-hydrogen) atoms. The molecule has 174 valence electrons. The molecule has 1 saturated heterocycles. The van der Waals surface area contributed by atoms with E-state index in [0.717, 1.165) is 29.6 Å². The van der Waals surface area contributed by atoms with E-state index >= 15 is 0 Å². The summed E-state index contributed by atoms with van der Waals surface area (Å²) in [5.41, 5.74) is 2.04. The molecule has 1 atom stereocenters. The average Bonchev–Trinajstić information content (AvgIpc) is 3.23. The highest BCUT2D eigenvalue weighted by Gasteiger charge is 2.51. The zero-order chi connectivity index (χ0) is 23.4. The predicted molar refractivity (Wildman–Crippen MR) is 124 cm³/mol. The van der Waals surface area contributed by atoms with Crippen LogP contribution in [0.25, 0.3) is 22.3 Å². The van der Waals surface area contributed by atoms with Crippen LogP contribution in [0.5, 0.6) is 0 Å². The molecule has 6 rings (SSSR count). The summed E-state index contributed by atoms with van der Waals surface area (Å²) in [4.78, 5) is 44.6. The zero-order valence-corrected chi connectivity index (χ0v) is 18.9. The number of nitrogens with one attached hydrogen (secondary N) is 1. The number of rotatable bonds is 3. The molecule has 3 aromatic rings. The highest BCUT2D eigenvalue weighted by Crippen LogP contribution is 2.41. The molecule has 0 saturated carbocycles. The summed E-state index contributed by atoms with van der Waals surface area (Å²) in [6.07, 6.45) is 1.48. The van der Waals surface area contributed by atoms with Crippen LogP contribution >= 0.6 is 0 Å². The van der Waals surface area contributed by atoms with Crippen LogP contribution in [-0.2, 0) is 37.8 Å². The minimum atomic E-state index is -1.64. The van der Waals surface area contributed by atoms with Gasteiger partial charge < -0.3 is 19.4 Å². The number of cyclic esters (lactones) is 1. The summed E-state index contributed by atoms with van der Waals surface area (Å²) in [6, 6.07) is 11.7. The van der Waals surface area contributed by atoms with Crippen molar-refractivity contribution in [3.05, 3.63) is 63.4 Å². The summed E-state index contributed by atoms with van der Waals surface area (Å²) in [5.74, 6) is -1.33. The topological polar surface area (TPSA) is 99.5 Å². The molecule has 1 N–H and O–H groups in total. The lowest BCUT2D eigenvalue weighted by molar-refractivity contribution is -0.192. The van der Waals surface area contributed by atoms with Gasteiger partial charge in [-0.1, -0.05) is 25.1 Å². The Kier molecular flexibility index (Phi) is 4.81. The highest BCUT2D eigenvalue weighted by atomic mass is 16.6. The molecule has 0 unspecified atom stereocenters. The summed E-state index contributed by atoms with van der Waals surface area (Å²) in [6.45, 7) is 3.50. The third-order valence-electron chi connectivity index (χ3n) is 7.33. The Balaban J connectivity index is 1.50. The third kappa shape index (κ3) is 3.01. The molecule has 0 radical (unpaired) electrons. The molecule has 1 fully saturated rings. The first kappa shape index (κ1) is 21.0. The first-order valence-electron chi connectivity index (χ1n) is 11.8. The first-order chi connectivity index (χ1) is 16.5. The quantitative estimate of drug-likeness (QED) is 0.470. The molecule has 8 nitrogen and oxygen atoms in total. The number of ether oxygens (including phenoxy) is 2. The van der Waals surface area contributed by atoms with Crippen molar-refractivity contribution in [3.63, 3.8) is 0 Å². The van der Waals surface area contributed by atoms with Crippen LogP contribution in [-0.4, -0.2) is 34.6 Å². The molecule has 0 amide bonds. The lowest BCUT2D eigenvalue weighted by Gasteiger charge is -2.37. The number of para-hydroxylation sites is 1. The van der Waals surface area contributed by atoms with Crippen LogP contribution in [0, 0.1) is 5.92 Å². The van der Waals surface area contributed by atoms with E-state index in [1.54, 1.807) is 11.5 Å². The van der Waals surface area contributed by atoms with Crippen molar-refractivity contribution >= 4 is 22.8 Å². The van der Waals surface area contributed by atoms with Gasteiger partial charge in [-0.05, 0) is 50.6 Å². The predicted octanol–water partition coefficient (Wildman–Crippen LogP) is 2.63. The molecular formula is C26H25N3O5. The fourth-order valence-corrected chi connectivity index (χ4v) is 5.40. The average molecular weight is 460 g/mol. The molecule has 2 aromatic heterocycles. The van der Waals surface area contributed by atoms with Gasteiger partial charge in [-0.15, -0.1) is 0 Å². The maximum absolute atomic E-state index is 13.6. The van der Waals surface area contributed by atoms with Crippen molar-refractivity contribution in [2.24, 2.45) is 5.92 Å². The number of carbonyl (C=O) groups excluding carboxylic acids is 2. The van der Waals surface area contributed by atoms with Crippen molar-refractivity contribution in [1.29, 1.82) is 0 Å². The van der Waals surface area contributed by atoms with Crippen LogP contribution in [0.15, 0.2) is 41.2 Å². The van der Waals surface area contributed by atoms with Gasteiger partial charge in [0.15, 0.2) is 0 Å². The number of carbonyl (C=O) groups is 2.